The maximum atomic E-state index is 11.2. The maximum Gasteiger partial charge on any atom is 0.217 e. The van der Waals surface area contributed by atoms with Crippen molar-refractivity contribution in [3.05, 3.63) is 95.1 Å². The first-order valence-corrected chi connectivity index (χ1v) is 13.7. The molecule has 0 spiro atoms. The van der Waals surface area contributed by atoms with E-state index >= 15 is 0 Å². The number of rotatable bonds is 8. The van der Waals surface area contributed by atoms with E-state index in [1.165, 1.54) is 11.6 Å². The lowest BCUT2D eigenvalue weighted by Gasteiger charge is -2.36. The van der Waals surface area contributed by atoms with Crippen LogP contribution in [0.5, 0.6) is 0 Å². The number of carbonyl (C=O) groups excluding carboxylic acids is 1. The van der Waals surface area contributed by atoms with Gasteiger partial charge in [-0.25, -0.2) is 4.98 Å². The van der Waals surface area contributed by atoms with Gasteiger partial charge in [-0.2, -0.15) is 0 Å². The van der Waals surface area contributed by atoms with Crippen molar-refractivity contribution in [3.8, 4) is 0 Å². The van der Waals surface area contributed by atoms with Gasteiger partial charge in [0, 0.05) is 31.2 Å². The van der Waals surface area contributed by atoms with Crippen LogP contribution in [-0.2, 0) is 27.4 Å². The summed E-state index contributed by atoms with van der Waals surface area (Å²) >= 11 is 3.42. The molecule has 0 saturated carbocycles. The molecule has 36 heavy (non-hydrogen) atoms. The first-order chi connectivity index (χ1) is 17.6. The van der Waals surface area contributed by atoms with Crippen LogP contribution < -0.4 is 5.32 Å². The second kappa shape index (κ2) is 11.5. The van der Waals surface area contributed by atoms with E-state index in [1.807, 2.05) is 66.7 Å². The van der Waals surface area contributed by atoms with Crippen LogP contribution in [0.4, 0.5) is 0 Å². The van der Waals surface area contributed by atoms with Crippen LogP contribution in [0.3, 0.4) is 0 Å². The number of para-hydroxylation sites is 1. The van der Waals surface area contributed by atoms with Gasteiger partial charge in [-0.05, 0) is 28.8 Å². The summed E-state index contributed by atoms with van der Waals surface area (Å²) in [6.45, 7) is 2.02. The van der Waals surface area contributed by atoms with E-state index in [4.69, 9.17) is 14.5 Å². The summed E-state index contributed by atoms with van der Waals surface area (Å²) in [5, 5.41) is 12.2. The molecule has 0 radical (unpaired) electrons. The van der Waals surface area contributed by atoms with Gasteiger partial charge in [-0.3, -0.25) is 4.79 Å². The Kier molecular flexibility index (Phi) is 7.99. The Morgan fingerprint density at radius 1 is 1.03 bits per heavy atom. The summed E-state index contributed by atoms with van der Waals surface area (Å²) in [4.78, 5) is 16.0. The average Bonchev–Trinajstić information content (AvgIpc) is 3.34. The largest absolute Gasteiger partial charge is 0.392 e. The summed E-state index contributed by atoms with van der Waals surface area (Å²) in [6.07, 6.45) is 0.0731. The van der Waals surface area contributed by atoms with Gasteiger partial charge < -0.3 is 19.9 Å². The number of nitrogens with one attached hydrogen (secondary N) is 1. The molecule has 0 unspecified atom stereocenters. The second-order valence-electron chi connectivity index (χ2n) is 8.76. The predicted octanol–water partition coefficient (Wildman–Crippen LogP) is 5.76. The molecule has 1 amide bonds. The van der Waals surface area contributed by atoms with Gasteiger partial charge in [-0.15, -0.1) is 11.3 Å². The van der Waals surface area contributed by atoms with E-state index in [-0.39, 0.29) is 24.7 Å². The van der Waals surface area contributed by atoms with Gasteiger partial charge in [0.05, 0.1) is 29.0 Å². The number of nitrogens with zero attached hydrogens (tertiary/aromatic N) is 1. The molecule has 1 saturated heterocycles. The Morgan fingerprint density at radius 2 is 1.75 bits per heavy atom. The van der Waals surface area contributed by atoms with Crippen LogP contribution in [0.1, 0.15) is 48.0 Å². The number of carbonyl (C=O) groups is 1. The molecule has 3 atom stereocenters. The second-order valence-corrected chi connectivity index (χ2v) is 11.1. The minimum Gasteiger partial charge on any atom is -0.392 e. The quantitative estimate of drug-likeness (QED) is 0.288. The maximum absolute atomic E-state index is 11.2. The molecule has 0 bridgehead atoms. The van der Waals surface area contributed by atoms with Crippen LogP contribution in [0, 0.1) is 0 Å². The van der Waals surface area contributed by atoms with Crippen molar-refractivity contribution in [1.82, 2.24) is 10.3 Å². The zero-order valence-electron chi connectivity index (χ0n) is 19.9. The Bertz CT molecular complexity index is 1270. The van der Waals surface area contributed by atoms with Crippen molar-refractivity contribution in [1.29, 1.82) is 0 Å². The molecule has 1 aliphatic rings. The molecule has 4 aromatic rings. The Morgan fingerprint density at radius 3 is 2.47 bits per heavy atom. The van der Waals surface area contributed by atoms with E-state index in [2.05, 4.69) is 11.4 Å². The Hall–Kier alpha value is -2.75. The van der Waals surface area contributed by atoms with Crippen LogP contribution in [0.25, 0.3) is 10.2 Å². The molecule has 6 nitrogen and oxygen atoms in total. The minimum absolute atomic E-state index is 0.0177. The van der Waals surface area contributed by atoms with E-state index in [0.29, 0.717) is 6.54 Å². The number of aliphatic hydroxyl groups is 1. The number of aliphatic hydroxyl groups excluding tert-OH is 1. The SMILES string of the molecule is CC(=O)NCc1ccc([C@@H]2O[C@H](CSc3nc4ccccc4s3)C[C@H](c3ccc(CO)cc3)O2)cc1. The van der Waals surface area contributed by atoms with Crippen LogP contribution in [-0.4, -0.2) is 27.9 Å². The molecule has 3 aromatic carbocycles. The number of hydrogen-bond donors (Lipinski definition) is 2. The number of thioether (sulfide) groups is 1. The van der Waals surface area contributed by atoms with Crippen molar-refractivity contribution in [2.24, 2.45) is 0 Å². The number of thiazole rings is 1. The third-order valence-electron chi connectivity index (χ3n) is 6.08. The topological polar surface area (TPSA) is 80.7 Å². The lowest BCUT2D eigenvalue weighted by Crippen LogP contribution is -2.31. The third-order valence-corrected chi connectivity index (χ3v) is 8.39. The third kappa shape index (κ3) is 6.14. The van der Waals surface area contributed by atoms with E-state index in [9.17, 15) is 9.90 Å². The van der Waals surface area contributed by atoms with Crippen molar-refractivity contribution in [2.75, 3.05) is 5.75 Å². The van der Waals surface area contributed by atoms with Gasteiger partial charge >= 0.3 is 0 Å². The molecule has 8 heteroatoms. The molecule has 2 heterocycles. The van der Waals surface area contributed by atoms with E-state index in [0.717, 1.165) is 44.3 Å². The molecular weight excluding hydrogens is 492 g/mol. The standard InChI is InChI=1S/C28H28N2O4S2/c1-18(32)29-15-19-6-12-22(13-7-19)27-33-23(14-25(34-27)21-10-8-20(16-31)9-11-21)17-35-28-30-24-4-2-3-5-26(24)36-28/h2-13,23,25,27,31H,14-17H2,1H3,(H,29,32)/t23-,25+,27+/m0/s1. The van der Waals surface area contributed by atoms with Crippen LogP contribution in [0.15, 0.2) is 77.1 Å². The molecule has 1 fully saturated rings. The highest BCUT2D eigenvalue weighted by molar-refractivity contribution is 8.01. The summed E-state index contributed by atoms with van der Waals surface area (Å²) in [5.41, 5.74) is 4.92. The van der Waals surface area contributed by atoms with Crippen molar-refractivity contribution < 1.29 is 19.4 Å². The molecule has 1 aliphatic heterocycles. The van der Waals surface area contributed by atoms with Gasteiger partial charge in [0.25, 0.3) is 0 Å². The van der Waals surface area contributed by atoms with Gasteiger partial charge in [-0.1, -0.05) is 72.4 Å². The van der Waals surface area contributed by atoms with Crippen molar-refractivity contribution >= 4 is 39.2 Å². The summed E-state index contributed by atoms with van der Waals surface area (Å²) in [6, 6.07) is 24.1. The number of benzene rings is 3. The molecule has 2 N–H and O–H groups in total. The van der Waals surface area contributed by atoms with Crippen LogP contribution in [0.2, 0.25) is 0 Å². The normalized spacial score (nSPS) is 19.9. The molecule has 186 valence electrons. The number of ether oxygens (including phenoxy) is 2. The zero-order chi connectivity index (χ0) is 24.9. The highest BCUT2D eigenvalue weighted by atomic mass is 32.2. The average molecular weight is 521 g/mol. The zero-order valence-corrected chi connectivity index (χ0v) is 21.6. The minimum atomic E-state index is -0.503. The smallest absolute Gasteiger partial charge is 0.217 e. The lowest BCUT2D eigenvalue weighted by molar-refractivity contribution is -0.245. The van der Waals surface area contributed by atoms with Gasteiger partial charge in [0.1, 0.15) is 0 Å². The summed E-state index contributed by atoms with van der Waals surface area (Å²) < 4.78 is 15.1. The number of amides is 1. The molecular formula is C28H28N2O4S2. The number of fused-ring (bicyclic) bond motifs is 1. The number of hydrogen-bond acceptors (Lipinski definition) is 7. The lowest BCUT2D eigenvalue weighted by atomic mass is 10.0. The van der Waals surface area contributed by atoms with Crippen molar-refractivity contribution in [2.45, 2.75) is 49.3 Å². The first kappa shape index (κ1) is 24.9. The number of aromatic nitrogens is 1. The van der Waals surface area contributed by atoms with Crippen LogP contribution >= 0.6 is 23.1 Å². The van der Waals surface area contributed by atoms with Gasteiger partial charge in [0.2, 0.25) is 5.91 Å². The molecule has 0 aliphatic carbocycles. The first-order valence-electron chi connectivity index (χ1n) is 11.9. The molecule has 1 aromatic heterocycles. The fourth-order valence-corrected chi connectivity index (χ4v) is 6.23. The fraction of sp³-hybridized carbons (Fsp3) is 0.286. The van der Waals surface area contributed by atoms with Crippen molar-refractivity contribution in [3.63, 3.8) is 0 Å². The monoisotopic (exact) mass is 520 g/mol. The Balaban J connectivity index is 1.32. The predicted molar refractivity (Wildman–Crippen MR) is 143 cm³/mol. The van der Waals surface area contributed by atoms with Gasteiger partial charge in [0.15, 0.2) is 10.6 Å². The summed E-state index contributed by atoms with van der Waals surface area (Å²) in [5.74, 6) is 0.715. The highest BCUT2D eigenvalue weighted by Gasteiger charge is 2.32. The highest BCUT2D eigenvalue weighted by Crippen LogP contribution is 2.40. The Labute approximate surface area is 218 Å². The summed E-state index contributed by atoms with van der Waals surface area (Å²) in [7, 11) is 0. The fourth-order valence-electron chi connectivity index (χ4n) is 4.12. The molecule has 5 rings (SSSR count). The van der Waals surface area contributed by atoms with E-state index in [1.54, 1.807) is 23.1 Å². The van der Waals surface area contributed by atoms with E-state index < -0.39 is 6.29 Å².